The van der Waals surface area contributed by atoms with E-state index in [1.165, 1.54) is 11.6 Å². The maximum Gasteiger partial charge on any atom is 0.128 e. The predicted octanol–water partition coefficient (Wildman–Crippen LogP) is 3.14. The van der Waals surface area contributed by atoms with Crippen molar-refractivity contribution in [3.05, 3.63) is 71.3 Å². The highest BCUT2D eigenvalue weighted by Gasteiger charge is 2.14. The molecule has 0 spiro atoms. The van der Waals surface area contributed by atoms with Crippen molar-refractivity contribution in [2.75, 3.05) is 20.1 Å². The Morgan fingerprint density at radius 1 is 1.10 bits per heavy atom. The summed E-state index contributed by atoms with van der Waals surface area (Å²) in [7, 11) is 1.93. The molecular weight excluding hydrogens is 270 g/mol. The fourth-order valence-electron chi connectivity index (χ4n) is 2.29. The Balaban J connectivity index is 1.90. The van der Waals surface area contributed by atoms with Crippen LogP contribution in [0.15, 0.2) is 48.5 Å². The Labute approximate surface area is 124 Å². The van der Waals surface area contributed by atoms with Crippen LogP contribution in [0.5, 0.6) is 0 Å². The van der Waals surface area contributed by atoms with E-state index in [-0.39, 0.29) is 5.56 Å². The van der Waals surface area contributed by atoms with Gasteiger partial charge < -0.3 is 10.6 Å². The molecule has 0 bridgehead atoms. The lowest BCUT2D eigenvalue weighted by molar-refractivity contribution is 0.313. The first-order valence-corrected chi connectivity index (χ1v) is 6.99. The highest BCUT2D eigenvalue weighted by molar-refractivity contribution is 5.22. The van der Waals surface area contributed by atoms with Crippen molar-refractivity contribution in [3.63, 3.8) is 0 Å². The molecule has 2 rings (SSSR count). The first-order chi connectivity index (χ1) is 10.1. The third-order valence-electron chi connectivity index (χ3n) is 3.49. The van der Waals surface area contributed by atoms with Crippen LogP contribution in [0.2, 0.25) is 0 Å². The van der Waals surface area contributed by atoms with Crippen molar-refractivity contribution in [2.24, 2.45) is 5.73 Å². The molecular formula is C17H20F2N2. The maximum atomic E-state index is 13.7. The average Bonchev–Trinajstić information content (AvgIpc) is 2.48. The van der Waals surface area contributed by atoms with E-state index >= 15 is 0 Å². The van der Waals surface area contributed by atoms with Gasteiger partial charge in [0.2, 0.25) is 0 Å². The topological polar surface area (TPSA) is 29.3 Å². The number of hydrogen-bond acceptors (Lipinski definition) is 2. The van der Waals surface area contributed by atoms with Gasteiger partial charge in [-0.1, -0.05) is 30.3 Å². The molecule has 2 aromatic carbocycles. The molecule has 4 heteroatoms. The van der Waals surface area contributed by atoms with Crippen molar-refractivity contribution in [1.29, 1.82) is 0 Å². The number of nitrogens with zero attached hydrogens (tertiary/aromatic N) is 1. The average molecular weight is 290 g/mol. The summed E-state index contributed by atoms with van der Waals surface area (Å²) in [6.45, 7) is 1.29. The molecule has 0 radical (unpaired) electrons. The summed E-state index contributed by atoms with van der Waals surface area (Å²) in [6.07, 6.45) is 0.899. The third-order valence-corrected chi connectivity index (χ3v) is 3.49. The highest BCUT2D eigenvalue weighted by Crippen LogP contribution is 2.17. The minimum atomic E-state index is -0.540. The van der Waals surface area contributed by atoms with Crippen LogP contribution >= 0.6 is 0 Å². The zero-order chi connectivity index (χ0) is 15.2. The summed E-state index contributed by atoms with van der Waals surface area (Å²) in [5.74, 6) is -0.922. The lowest BCUT2D eigenvalue weighted by Crippen LogP contribution is -2.31. The Kier molecular flexibility index (Phi) is 5.42. The zero-order valence-corrected chi connectivity index (χ0v) is 12.1. The van der Waals surface area contributed by atoms with Crippen LogP contribution in [0.4, 0.5) is 8.78 Å². The first-order valence-electron chi connectivity index (χ1n) is 6.99. The van der Waals surface area contributed by atoms with Crippen LogP contribution in [-0.2, 0) is 6.42 Å². The molecule has 0 aliphatic rings. The van der Waals surface area contributed by atoms with Crippen molar-refractivity contribution < 1.29 is 8.78 Å². The van der Waals surface area contributed by atoms with Gasteiger partial charge in [0.05, 0.1) is 0 Å². The number of halogens is 2. The van der Waals surface area contributed by atoms with Crippen LogP contribution < -0.4 is 5.73 Å². The Morgan fingerprint density at radius 2 is 1.81 bits per heavy atom. The van der Waals surface area contributed by atoms with E-state index in [2.05, 4.69) is 12.1 Å². The van der Waals surface area contributed by atoms with Gasteiger partial charge in [0.1, 0.15) is 11.6 Å². The lowest BCUT2D eigenvalue weighted by Gasteiger charge is -2.22. The van der Waals surface area contributed by atoms with Gasteiger partial charge in [-0.05, 0) is 37.2 Å². The molecule has 1 unspecified atom stereocenters. The Bertz CT molecular complexity index is 572. The summed E-state index contributed by atoms with van der Waals surface area (Å²) in [5.41, 5.74) is 7.46. The summed E-state index contributed by atoms with van der Waals surface area (Å²) < 4.78 is 26.8. The van der Waals surface area contributed by atoms with Gasteiger partial charge in [-0.15, -0.1) is 0 Å². The number of likely N-dealkylation sites (N-methyl/N-ethyl adjacent to an activating group) is 1. The quantitative estimate of drug-likeness (QED) is 0.885. The molecule has 2 nitrogen and oxygen atoms in total. The lowest BCUT2D eigenvalue weighted by atomic mass is 10.1. The van der Waals surface area contributed by atoms with Crippen LogP contribution in [0.3, 0.4) is 0 Å². The van der Waals surface area contributed by atoms with Gasteiger partial charge in [-0.25, -0.2) is 8.78 Å². The summed E-state index contributed by atoms with van der Waals surface area (Å²) >= 11 is 0. The normalized spacial score (nSPS) is 12.6. The second kappa shape index (κ2) is 7.29. The van der Waals surface area contributed by atoms with Crippen molar-refractivity contribution in [1.82, 2.24) is 4.90 Å². The molecule has 2 aromatic rings. The standard InChI is InChI=1S/C17H20F2N2/c1-21(10-9-13-5-3-2-4-6-13)12-17(20)15-11-14(18)7-8-16(15)19/h2-8,11,17H,9-10,12,20H2,1H3. The largest absolute Gasteiger partial charge is 0.323 e. The minimum absolute atomic E-state index is 0.224. The maximum absolute atomic E-state index is 13.7. The number of nitrogens with two attached hydrogens (primary N) is 1. The van der Waals surface area contributed by atoms with E-state index in [1.54, 1.807) is 0 Å². The summed E-state index contributed by atoms with van der Waals surface area (Å²) in [4.78, 5) is 2.03. The van der Waals surface area contributed by atoms with Gasteiger partial charge >= 0.3 is 0 Å². The molecule has 0 fully saturated rings. The van der Waals surface area contributed by atoms with E-state index in [9.17, 15) is 8.78 Å². The van der Waals surface area contributed by atoms with Crippen molar-refractivity contribution >= 4 is 0 Å². The molecule has 1 atom stereocenters. The second-order valence-electron chi connectivity index (χ2n) is 5.27. The van der Waals surface area contributed by atoms with Gasteiger partial charge in [-0.3, -0.25) is 0 Å². The summed E-state index contributed by atoms with van der Waals surface area (Å²) in [6, 6.07) is 13.0. The van der Waals surface area contributed by atoms with Crippen molar-refractivity contribution in [3.8, 4) is 0 Å². The van der Waals surface area contributed by atoms with Gasteiger partial charge in [0.15, 0.2) is 0 Å². The Hall–Kier alpha value is -1.78. The smallest absolute Gasteiger partial charge is 0.128 e. The van der Waals surface area contributed by atoms with Gasteiger partial charge in [-0.2, -0.15) is 0 Å². The van der Waals surface area contributed by atoms with Crippen molar-refractivity contribution in [2.45, 2.75) is 12.5 Å². The van der Waals surface area contributed by atoms with E-state index in [0.717, 1.165) is 25.1 Å². The fraction of sp³-hybridized carbons (Fsp3) is 0.294. The highest BCUT2D eigenvalue weighted by atomic mass is 19.1. The molecule has 0 aromatic heterocycles. The van der Waals surface area contributed by atoms with Gasteiger partial charge in [0.25, 0.3) is 0 Å². The van der Waals surface area contributed by atoms with E-state index in [1.807, 2.05) is 30.1 Å². The molecule has 112 valence electrons. The van der Waals surface area contributed by atoms with E-state index in [4.69, 9.17) is 5.73 Å². The predicted molar refractivity (Wildman–Crippen MR) is 80.9 cm³/mol. The molecule has 2 N–H and O–H groups in total. The Morgan fingerprint density at radius 3 is 2.52 bits per heavy atom. The molecule has 0 aliphatic carbocycles. The number of benzene rings is 2. The molecule has 0 heterocycles. The second-order valence-corrected chi connectivity index (χ2v) is 5.27. The molecule has 0 saturated heterocycles. The van der Waals surface area contributed by atoms with E-state index in [0.29, 0.717) is 6.54 Å². The number of hydrogen-bond donors (Lipinski definition) is 1. The van der Waals surface area contributed by atoms with Crippen LogP contribution in [0.25, 0.3) is 0 Å². The SMILES string of the molecule is CN(CCc1ccccc1)CC(N)c1cc(F)ccc1F. The molecule has 0 saturated carbocycles. The summed E-state index contributed by atoms with van der Waals surface area (Å²) in [5, 5.41) is 0. The molecule has 0 amide bonds. The van der Waals surface area contributed by atoms with Crippen LogP contribution in [0.1, 0.15) is 17.2 Å². The third kappa shape index (κ3) is 4.62. The van der Waals surface area contributed by atoms with Crippen LogP contribution in [-0.4, -0.2) is 25.0 Å². The minimum Gasteiger partial charge on any atom is -0.323 e. The van der Waals surface area contributed by atoms with Gasteiger partial charge in [0, 0.05) is 24.7 Å². The monoisotopic (exact) mass is 290 g/mol. The zero-order valence-electron chi connectivity index (χ0n) is 12.1. The number of rotatable bonds is 6. The van der Waals surface area contributed by atoms with Crippen LogP contribution in [0, 0.1) is 11.6 Å². The molecule has 21 heavy (non-hydrogen) atoms. The molecule has 0 aliphatic heterocycles. The first kappa shape index (κ1) is 15.6. The van der Waals surface area contributed by atoms with E-state index < -0.39 is 17.7 Å². The fourth-order valence-corrected chi connectivity index (χ4v) is 2.29.